The van der Waals surface area contributed by atoms with Crippen molar-refractivity contribution >= 4 is 11.7 Å². The zero-order valence-corrected chi connectivity index (χ0v) is 23.7. The van der Waals surface area contributed by atoms with Gasteiger partial charge in [0.05, 0.1) is 31.0 Å². The summed E-state index contributed by atoms with van der Waals surface area (Å²) in [5.74, 6) is 0.697. The maximum absolute atomic E-state index is 12.3. The van der Waals surface area contributed by atoms with Gasteiger partial charge < -0.3 is 30.4 Å². The Hall–Kier alpha value is -1.84. The van der Waals surface area contributed by atoms with Crippen LogP contribution in [0.3, 0.4) is 0 Å². The molecule has 38 heavy (non-hydrogen) atoms. The first kappa shape index (κ1) is 30.7. The molecule has 0 aromatic rings. The highest BCUT2D eigenvalue weighted by atomic mass is 16.6. The molecule has 0 unspecified atom stereocenters. The highest BCUT2D eigenvalue weighted by molar-refractivity contribution is 5.87. The SMILES string of the molecule is CC(/C=C/[C@H]1O[C@H](CC(=O)CCCN)C[C@@]2(CO2)[C@@H]1O)=C\C[C@@H]1O[C@H](C)[C@H](NC(=O)/C=C\C(C)C)C[C@@H]1C. The molecule has 8 nitrogen and oxygen atoms in total. The van der Waals surface area contributed by atoms with E-state index in [4.69, 9.17) is 19.9 Å². The summed E-state index contributed by atoms with van der Waals surface area (Å²) in [6.45, 7) is 11.3. The molecule has 3 heterocycles. The van der Waals surface area contributed by atoms with Crippen molar-refractivity contribution in [3.05, 3.63) is 36.0 Å². The molecule has 0 aliphatic carbocycles. The van der Waals surface area contributed by atoms with Gasteiger partial charge in [-0.3, -0.25) is 9.59 Å². The van der Waals surface area contributed by atoms with E-state index in [9.17, 15) is 14.7 Å². The fourth-order valence-electron chi connectivity index (χ4n) is 5.30. The highest BCUT2D eigenvalue weighted by Gasteiger charge is 2.58. The number of ether oxygens (including phenoxy) is 3. The number of epoxide rings is 1. The van der Waals surface area contributed by atoms with E-state index < -0.39 is 17.8 Å². The second-order valence-corrected chi connectivity index (χ2v) is 11.7. The summed E-state index contributed by atoms with van der Waals surface area (Å²) < 4.78 is 18.0. The lowest BCUT2D eigenvalue weighted by molar-refractivity contribution is -0.144. The van der Waals surface area contributed by atoms with Crippen LogP contribution in [0.25, 0.3) is 0 Å². The minimum Gasteiger partial charge on any atom is -0.387 e. The Labute approximate surface area is 228 Å². The molecule has 1 spiro atoms. The van der Waals surface area contributed by atoms with Crippen LogP contribution >= 0.6 is 0 Å². The van der Waals surface area contributed by atoms with Crippen molar-refractivity contribution in [3.63, 3.8) is 0 Å². The van der Waals surface area contributed by atoms with Crippen LogP contribution in [-0.4, -0.2) is 72.1 Å². The van der Waals surface area contributed by atoms with Crippen molar-refractivity contribution in [2.75, 3.05) is 13.2 Å². The van der Waals surface area contributed by atoms with Crippen LogP contribution in [0, 0.1) is 11.8 Å². The first-order valence-corrected chi connectivity index (χ1v) is 14.2. The second kappa shape index (κ2) is 14.0. The third-order valence-electron chi connectivity index (χ3n) is 7.80. The van der Waals surface area contributed by atoms with Crippen molar-refractivity contribution < 1.29 is 28.9 Å². The molecular formula is C30H48N2O6. The van der Waals surface area contributed by atoms with E-state index in [0.29, 0.717) is 50.7 Å². The van der Waals surface area contributed by atoms with E-state index in [1.54, 1.807) is 6.08 Å². The van der Waals surface area contributed by atoms with E-state index in [-0.39, 0.29) is 36.0 Å². The smallest absolute Gasteiger partial charge is 0.243 e. The van der Waals surface area contributed by atoms with Crippen LogP contribution in [0.15, 0.2) is 36.0 Å². The number of hydrogen-bond donors (Lipinski definition) is 3. The summed E-state index contributed by atoms with van der Waals surface area (Å²) in [5.41, 5.74) is 5.97. The monoisotopic (exact) mass is 532 g/mol. The van der Waals surface area contributed by atoms with Gasteiger partial charge in [0.25, 0.3) is 0 Å². The number of aliphatic hydroxyl groups is 1. The molecule has 0 aromatic heterocycles. The molecule has 3 aliphatic heterocycles. The van der Waals surface area contributed by atoms with E-state index in [1.807, 2.05) is 45.9 Å². The average molecular weight is 533 g/mol. The Bertz CT molecular complexity index is 893. The first-order valence-electron chi connectivity index (χ1n) is 14.2. The molecule has 3 aliphatic rings. The number of amides is 1. The molecule has 1 amide bonds. The Kier molecular flexibility index (Phi) is 11.3. The molecule has 0 radical (unpaired) electrons. The van der Waals surface area contributed by atoms with E-state index in [1.165, 1.54) is 0 Å². The fourth-order valence-corrected chi connectivity index (χ4v) is 5.30. The Morgan fingerprint density at radius 1 is 1.21 bits per heavy atom. The lowest BCUT2D eigenvalue weighted by Crippen LogP contribution is -2.50. The zero-order valence-electron chi connectivity index (χ0n) is 23.7. The molecule has 0 saturated carbocycles. The number of aliphatic hydroxyl groups excluding tert-OH is 1. The molecule has 0 bridgehead atoms. The summed E-state index contributed by atoms with van der Waals surface area (Å²) in [6.07, 6.45) is 11.5. The lowest BCUT2D eigenvalue weighted by atomic mass is 9.86. The van der Waals surface area contributed by atoms with Crippen molar-refractivity contribution in [2.45, 2.75) is 115 Å². The van der Waals surface area contributed by atoms with Gasteiger partial charge >= 0.3 is 0 Å². The van der Waals surface area contributed by atoms with Crippen LogP contribution in [0.4, 0.5) is 0 Å². The number of allylic oxidation sites excluding steroid dienone is 3. The standard InChI is InChI=1S/C30H48N2O6/c1-19(2)8-13-28(34)32-25-15-21(4)26(37-22(25)5)11-9-20(3)10-12-27-29(35)30(18-36-30)17-24(38-27)16-23(33)7-6-14-31/h8-10,12-13,19,21-22,24-27,29,35H,6-7,11,14-18,31H2,1-5H3,(H,32,34)/b12-10+,13-8-,20-9+/t21-,22+,24+,25+,26-,27+,29+,30+/m0/s1. The maximum Gasteiger partial charge on any atom is 0.243 e. The molecule has 3 fully saturated rings. The number of Topliss-reactive ketones (excluding diaryl/α,β-unsaturated/α-hetero) is 1. The van der Waals surface area contributed by atoms with E-state index in [2.05, 4.69) is 18.3 Å². The molecular weight excluding hydrogens is 484 g/mol. The number of carbonyl (C=O) groups is 2. The molecule has 3 saturated heterocycles. The van der Waals surface area contributed by atoms with Crippen LogP contribution in [-0.2, 0) is 23.8 Å². The lowest BCUT2D eigenvalue weighted by Gasteiger charge is -2.39. The summed E-state index contributed by atoms with van der Waals surface area (Å²) in [4.78, 5) is 24.5. The van der Waals surface area contributed by atoms with Gasteiger partial charge in [0, 0.05) is 19.3 Å². The largest absolute Gasteiger partial charge is 0.387 e. The maximum atomic E-state index is 12.3. The molecule has 8 atom stereocenters. The second-order valence-electron chi connectivity index (χ2n) is 11.7. The summed E-state index contributed by atoms with van der Waals surface area (Å²) >= 11 is 0. The quantitative estimate of drug-likeness (QED) is 0.200. The molecule has 4 N–H and O–H groups in total. The minimum atomic E-state index is -0.757. The predicted octanol–water partition coefficient (Wildman–Crippen LogP) is 3.38. The van der Waals surface area contributed by atoms with Gasteiger partial charge in [0.2, 0.25) is 5.91 Å². The van der Waals surface area contributed by atoms with Crippen LogP contribution in [0.1, 0.15) is 73.1 Å². The van der Waals surface area contributed by atoms with Gasteiger partial charge in [-0.2, -0.15) is 0 Å². The van der Waals surface area contributed by atoms with Gasteiger partial charge in [0.1, 0.15) is 23.6 Å². The Morgan fingerprint density at radius 3 is 2.61 bits per heavy atom. The van der Waals surface area contributed by atoms with Gasteiger partial charge in [-0.1, -0.05) is 50.6 Å². The molecule has 214 valence electrons. The summed E-state index contributed by atoms with van der Waals surface area (Å²) in [5, 5.41) is 13.9. The minimum absolute atomic E-state index is 0.00688. The Morgan fingerprint density at radius 2 is 1.95 bits per heavy atom. The van der Waals surface area contributed by atoms with Gasteiger partial charge in [-0.05, 0) is 57.6 Å². The van der Waals surface area contributed by atoms with Crippen LogP contribution < -0.4 is 11.1 Å². The highest BCUT2D eigenvalue weighted by Crippen LogP contribution is 2.43. The van der Waals surface area contributed by atoms with Crippen molar-refractivity contribution in [1.82, 2.24) is 5.32 Å². The number of rotatable bonds is 12. The third-order valence-corrected chi connectivity index (χ3v) is 7.80. The van der Waals surface area contributed by atoms with Gasteiger partial charge in [-0.15, -0.1) is 0 Å². The van der Waals surface area contributed by atoms with Crippen molar-refractivity contribution in [3.8, 4) is 0 Å². The summed E-state index contributed by atoms with van der Waals surface area (Å²) in [6, 6.07) is -0.00688. The topological polar surface area (TPSA) is 123 Å². The molecule has 3 rings (SSSR count). The zero-order chi connectivity index (χ0) is 27.9. The molecule has 0 aromatic carbocycles. The molecule has 8 heteroatoms. The third kappa shape index (κ3) is 8.85. The van der Waals surface area contributed by atoms with Gasteiger partial charge in [-0.25, -0.2) is 0 Å². The number of hydrogen-bond acceptors (Lipinski definition) is 7. The number of ketones is 1. The fraction of sp³-hybridized carbons (Fsp3) is 0.733. The number of carbonyl (C=O) groups excluding carboxylic acids is 2. The number of nitrogens with two attached hydrogens (primary N) is 1. The Balaban J connectivity index is 1.52. The normalized spacial score (nSPS) is 35.9. The van der Waals surface area contributed by atoms with Crippen molar-refractivity contribution in [2.24, 2.45) is 17.6 Å². The predicted molar refractivity (Wildman–Crippen MR) is 147 cm³/mol. The van der Waals surface area contributed by atoms with Crippen LogP contribution in [0.2, 0.25) is 0 Å². The van der Waals surface area contributed by atoms with E-state index >= 15 is 0 Å². The first-order chi connectivity index (χ1) is 18.0. The summed E-state index contributed by atoms with van der Waals surface area (Å²) in [7, 11) is 0. The average Bonchev–Trinajstić information content (AvgIpc) is 3.63. The van der Waals surface area contributed by atoms with Crippen molar-refractivity contribution in [1.29, 1.82) is 0 Å². The van der Waals surface area contributed by atoms with Crippen LogP contribution in [0.5, 0.6) is 0 Å². The van der Waals surface area contributed by atoms with E-state index in [0.717, 1.165) is 18.4 Å². The number of nitrogens with one attached hydrogen (secondary N) is 1. The van der Waals surface area contributed by atoms with Gasteiger partial charge in [0.15, 0.2) is 0 Å².